The lowest BCUT2D eigenvalue weighted by molar-refractivity contribution is 0.0719. The van der Waals surface area contributed by atoms with Crippen LogP contribution in [-0.4, -0.2) is 65.8 Å². The molecule has 150 valence electrons. The average Bonchev–Trinajstić information content (AvgIpc) is 3.19. The molecule has 2 aromatic rings. The number of nitriles is 1. The Hall–Kier alpha value is -3.00. The van der Waals surface area contributed by atoms with E-state index in [1.54, 1.807) is 34.6 Å². The summed E-state index contributed by atoms with van der Waals surface area (Å²) in [5, 5.41) is 23.2. The molecular formula is C17H23N7O3S. The number of aryl methyl sites for hydroxylation is 1. The van der Waals surface area contributed by atoms with E-state index in [1.165, 1.54) is 27.7 Å². The smallest absolute Gasteiger partial charge is 0.408 e. The molecule has 1 atom stereocenters. The molecule has 1 N–H and O–H groups in total. The van der Waals surface area contributed by atoms with Gasteiger partial charge in [0.15, 0.2) is 5.82 Å². The van der Waals surface area contributed by atoms with Gasteiger partial charge in [0.2, 0.25) is 5.13 Å². The van der Waals surface area contributed by atoms with Crippen molar-refractivity contribution in [2.45, 2.75) is 46.2 Å². The van der Waals surface area contributed by atoms with Gasteiger partial charge in [-0.3, -0.25) is 9.69 Å². The van der Waals surface area contributed by atoms with E-state index in [-0.39, 0.29) is 12.5 Å². The lowest BCUT2D eigenvalue weighted by atomic mass is 10.0. The summed E-state index contributed by atoms with van der Waals surface area (Å²) in [6.45, 7) is 8.81. The number of aromatic nitrogens is 4. The van der Waals surface area contributed by atoms with Gasteiger partial charge in [-0.2, -0.15) is 9.94 Å². The number of carboxylic acid groups (broad SMARTS) is 1. The van der Waals surface area contributed by atoms with Crippen molar-refractivity contribution in [3.8, 4) is 11.2 Å². The molecule has 11 heteroatoms. The van der Waals surface area contributed by atoms with Gasteiger partial charge in [0.1, 0.15) is 17.2 Å². The summed E-state index contributed by atoms with van der Waals surface area (Å²) in [5.74, 6) is 0.554. The zero-order valence-electron chi connectivity index (χ0n) is 16.7. The van der Waals surface area contributed by atoms with Crippen molar-refractivity contribution in [1.29, 1.82) is 5.26 Å². The van der Waals surface area contributed by atoms with E-state index in [0.717, 1.165) is 11.3 Å². The average molecular weight is 405 g/mol. The van der Waals surface area contributed by atoms with Crippen LogP contribution in [0, 0.1) is 18.3 Å². The number of nitrogens with zero attached hydrogens (tertiary/aromatic N) is 7. The van der Waals surface area contributed by atoms with Crippen molar-refractivity contribution < 1.29 is 14.7 Å². The number of carbonyl (C=O) groups excluding carboxylic acids is 1. The highest BCUT2D eigenvalue weighted by molar-refractivity contribution is 7.16. The first-order valence-electron chi connectivity index (χ1n) is 8.51. The standard InChI is InChI=1S/C17H23N7O3S/c1-10(23(16(26)27)17(3,4)5)13-20-11(2)21-24(13)15-19-9-12(28-15)14(25)22(6)8-7-18/h9-10H,8H2,1-6H3,(H,26,27)/t10-/m0/s1. The second kappa shape index (κ2) is 7.93. The van der Waals surface area contributed by atoms with E-state index in [2.05, 4.69) is 15.1 Å². The molecule has 0 radical (unpaired) electrons. The molecule has 0 aromatic carbocycles. The van der Waals surface area contributed by atoms with Gasteiger partial charge in [0.25, 0.3) is 5.91 Å². The summed E-state index contributed by atoms with van der Waals surface area (Å²) in [7, 11) is 1.53. The highest BCUT2D eigenvalue weighted by atomic mass is 32.1. The maximum absolute atomic E-state index is 12.3. The Morgan fingerprint density at radius 1 is 1.43 bits per heavy atom. The van der Waals surface area contributed by atoms with Gasteiger partial charge < -0.3 is 10.0 Å². The van der Waals surface area contributed by atoms with E-state index in [9.17, 15) is 14.7 Å². The van der Waals surface area contributed by atoms with Gasteiger partial charge in [-0.15, -0.1) is 5.10 Å². The Balaban J connectivity index is 2.44. The molecule has 28 heavy (non-hydrogen) atoms. The highest BCUT2D eigenvalue weighted by Gasteiger charge is 2.35. The predicted octanol–water partition coefficient (Wildman–Crippen LogP) is 2.47. The molecule has 2 rings (SSSR count). The normalized spacial score (nSPS) is 12.3. The lowest BCUT2D eigenvalue weighted by Crippen LogP contribution is -2.47. The maximum Gasteiger partial charge on any atom is 0.408 e. The first-order chi connectivity index (χ1) is 13.0. The Labute approximate surface area is 167 Å². The summed E-state index contributed by atoms with van der Waals surface area (Å²) >= 11 is 1.10. The van der Waals surface area contributed by atoms with Gasteiger partial charge in [0, 0.05) is 12.6 Å². The fourth-order valence-corrected chi connectivity index (χ4v) is 3.69. The Bertz CT molecular complexity index is 922. The third-order valence-corrected chi connectivity index (χ3v) is 4.93. The fraction of sp³-hybridized carbons (Fsp3) is 0.529. The van der Waals surface area contributed by atoms with Crippen LogP contribution in [0.25, 0.3) is 5.13 Å². The number of thiazole rings is 1. The summed E-state index contributed by atoms with van der Waals surface area (Å²) in [5.41, 5.74) is -0.653. The monoisotopic (exact) mass is 405 g/mol. The minimum atomic E-state index is -1.07. The van der Waals surface area contributed by atoms with Crippen molar-refractivity contribution in [2.75, 3.05) is 13.6 Å². The maximum atomic E-state index is 12.3. The number of carbonyl (C=O) groups is 2. The van der Waals surface area contributed by atoms with E-state index in [0.29, 0.717) is 21.7 Å². The third kappa shape index (κ3) is 4.28. The molecule has 0 saturated carbocycles. The highest BCUT2D eigenvalue weighted by Crippen LogP contribution is 2.29. The van der Waals surface area contributed by atoms with Crippen LogP contribution in [-0.2, 0) is 0 Å². The van der Waals surface area contributed by atoms with Gasteiger partial charge >= 0.3 is 6.09 Å². The zero-order chi connectivity index (χ0) is 21.2. The molecule has 0 aliphatic carbocycles. The van der Waals surface area contributed by atoms with Crippen molar-refractivity contribution in [3.63, 3.8) is 0 Å². The SMILES string of the molecule is Cc1nc([C@H](C)N(C(=O)O)C(C)(C)C)n(-c2ncc(C(=O)N(C)CC#N)s2)n1. The molecule has 2 amide bonds. The van der Waals surface area contributed by atoms with Crippen LogP contribution in [0.1, 0.15) is 55.1 Å². The number of hydrogen-bond donors (Lipinski definition) is 1. The van der Waals surface area contributed by atoms with E-state index in [1.807, 2.05) is 6.07 Å². The van der Waals surface area contributed by atoms with Crippen molar-refractivity contribution in [1.82, 2.24) is 29.5 Å². The van der Waals surface area contributed by atoms with Gasteiger partial charge in [-0.25, -0.2) is 14.8 Å². The fourth-order valence-electron chi connectivity index (χ4n) is 2.82. The molecule has 0 saturated heterocycles. The molecular weight excluding hydrogens is 382 g/mol. The van der Waals surface area contributed by atoms with Crippen LogP contribution in [0.5, 0.6) is 0 Å². The molecule has 2 aromatic heterocycles. The minimum absolute atomic E-state index is 0.0318. The first kappa shape index (κ1) is 21.3. The molecule has 0 aliphatic rings. The van der Waals surface area contributed by atoms with Gasteiger partial charge in [-0.05, 0) is 34.6 Å². The molecule has 0 bridgehead atoms. The summed E-state index contributed by atoms with van der Waals surface area (Å²) in [4.78, 5) is 35.8. The summed E-state index contributed by atoms with van der Waals surface area (Å²) in [6, 6.07) is 1.33. The van der Waals surface area contributed by atoms with Crippen LogP contribution < -0.4 is 0 Å². The lowest BCUT2D eigenvalue weighted by Gasteiger charge is -2.37. The van der Waals surface area contributed by atoms with Gasteiger partial charge in [0.05, 0.1) is 18.3 Å². The first-order valence-corrected chi connectivity index (χ1v) is 9.33. The molecule has 0 aliphatic heterocycles. The van der Waals surface area contributed by atoms with Crippen LogP contribution in [0.15, 0.2) is 6.20 Å². The molecule has 10 nitrogen and oxygen atoms in total. The van der Waals surface area contributed by atoms with Crippen molar-refractivity contribution in [2.24, 2.45) is 0 Å². The Morgan fingerprint density at radius 2 is 2.07 bits per heavy atom. The molecule has 0 fully saturated rings. The van der Waals surface area contributed by atoms with Crippen molar-refractivity contribution >= 4 is 23.3 Å². The van der Waals surface area contributed by atoms with Crippen LogP contribution in [0.4, 0.5) is 4.79 Å². The number of amides is 2. The summed E-state index contributed by atoms with van der Waals surface area (Å²) in [6.07, 6.45) is 0.348. The minimum Gasteiger partial charge on any atom is -0.465 e. The quantitative estimate of drug-likeness (QED) is 0.757. The third-order valence-electron chi connectivity index (χ3n) is 3.97. The largest absolute Gasteiger partial charge is 0.465 e. The topological polar surface area (TPSA) is 128 Å². The molecule has 0 spiro atoms. The Kier molecular flexibility index (Phi) is 6.04. The van der Waals surface area contributed by atoms with E-state index < -0.39 is 17.7 Å². The van der Waals surface area contributed by atoms with Crippen LogP contribution in [0.3, 0.4) is 0 Å². The zero-order valence-corrected chi connectivity index (χ0v) is 17.5. The van der Waals surface area contributed by atoms with Crippen LogP contribution >= 0.6 is 11.3 Å². The number of rotatable bonds is 5. The van der Waals surface area contributed by atoms with E-state index >= 15 is 0 Å². The molecule has 2 heterocycles. The second-order valence-electron chi connectivity index (χ2n) is 7.25. The van der Waals surface area contributed by atoms with Gasteiger partial charge in [-0.1, -0.05) is 11.3 Å². The van der Waals surface area contributed by atoms with E-state index in [4.69, 9.17) is 5.26 Å². The Morgan fingerprint density at radius 3 is 2.61 bits per heavy atom. The predicted molar refractivity (Wildman–Crippen MR) is 102 cm³/mol. The van der Waals surface area contributed by atoms with Crippen LogP contribution in [0.2, 0.25) is 0 Å². The molecule has 0 unspecified atom stereocenters. The number of hydrogen-bond acceptors (Lipinski definition) is 7. The summed E-state index contributed by atoms with van der Waals surface area (Å²) < 4.78 is 1.47. The second-order valence-corrected chi connectivity index (χ2v) is 8.26. The van der Waals surface area contributed by atoms with Crippen molar-refractivity contribution in [3.05, 3.63) is 22.7 Å².